The van der Waals surface area contributed by atoms with Gasteiger partial charge >= 0.3 is 91.8 Å². The fourth-order valence-corrected chi connectivity index (χ4v) is 21.1. The monoisotopic (exact) mass is 306 g/mol. The first-order chi connectivity index (χ1) is 6.33. The van der Waals surface area contributed by atoms with Crippen LogP contribution in [-0.2, 0) is 0 Å². The molecule has 0 radical (unpaired) electrons. The molecule has 76 valence electrons. The topological polar surface area (TPSA) is 0 Å². The summed E-state index contributed by atoms with van der Waals surface area (Å²) in [7, 11) is 0. The van der Waals surface area contributed by atoms with Crippen molar-refractivity contribution in [1.29, 1.82) is 0 Å². The fraction of sp³-hybridized carbons (Fsp3) is 0.818. The van der Waals surface area contributed by atoms with E-state index < -0.39 is 18.4 Å². The van der Waals surface area contributed by atoms with Crippen molar-refractivity contribution < 1.29 is 0 Å². The second kappa shape index (κ2) is 6.39. The van der Waals surface area contributed by atoms with Gasteiger partial charge in [-0.15, -0.1) is 0 Å². The Balaban J connectivity index is 2.38. The zero-order valence-corrected chi connectivity index (χ0v) is 12.7. The van der Waals surface area contributed by atoms with E-state index in [4.69, 9.17) is 0 Å². The van der Waals surface area contributed by atoms with Gasteiger partial charge in [0.05, 0.1) is 0 Å². The van der Waals surface area contributed by atoms with E-state index >= 15 is 0 Å². The SMILES string of the molecule is CCC[CH2][Sn]1([CH2]CCC)[CH]=CS[CH2]1. The zero-order chi connectivity index (χ0) is 9.57. The second-order valence-electron chi connectivity index (χ2n) is 4.18. The van der Waals surface area contributed by atoms with Gasteiger partial charge < -0.3 is 0 Å². The fourth-order valence-electron chi connectivity index (χ4n) is 1.95. The minimum atomic E-state index is -1.65. The van der Waals surface area contributed by atoms with Gasteiger partial charge in [-0.25, -0.2) is 0 Å². The number of thioether (sulfide) groups is 1. The standard InChI is InChI=1S/2C4H9.C3H4S.Sn/c3*1-3-4-2;/h2*1,3-4H2,2H3;1,3H,2H2;. The predicted molar refractivity (Wildman–Crippen MR) is 66.8 cm³/mol. The van der Waals surface area contributed by atoms with Gasteiger partial charge in [0.2, 0.25) is 0 Å². The Morgan fingerprint density at radius 3 is 2.15 bits per heavy atom. The van der Waals surface area contributed by atoms with Crippen molar-refractivity contribution in [1.82, 2.24) is 0 Å². The van der Waals surface area contributed by atoms with Crippen LogP contribution < -0.4 is 0 Å². The van der Waals surface area contributed by atoms with Crippen LogP contribution in [0.1, 0.15) is 39.5 Å². The van der Waals surface area contributed by atoms with Gasteiger partial charge in [0.25, 0.3) is 0 Å². The summed E-state index contributed by atoms with van der Waals surface area (Å²) >= 11 is 0.449. The molecule has 0 amide bonds. The van der Waals surface area contributed by atoms with Gasteiger partial charge in [-0.2, -0.15) is 0 Å². The van der Waals surface area contributed by atoms with E-state index in [1.807, 2.05) is 0 Å². The van der Waals surface area contributed by atoms with Gasteiger partial charge in [0.15, 0.2) is 0 Å². The average molecular weight is 305 g/mol. The summed E-state index contributed by atoms with van der Waals surface area (Å²) in [6.45, 7) is 4.65. The molecule has 0 aliphatic carbocycles. The molecule has 0 atom stereocenters. The Morgan fingerprint density at radius 2 is 1.77 bits per heavy atom. The molecule has 13 heavy (non-hydrogen) atoms. The van der Waals surface area contributed by atoms with Gasteiger partial charge in [-0.3, -0.25) is 0 Å². The number of hydrogen-bond acceptors (Lipinski definition) is 1. The van der Waals surface area contributed by atoms with Crippen molar-refractivity contribution in [2.45, 2.75) is 48.4 Å². The molecule has 0 aromatic heterocycles. The van der Waals surface area contributed by atoms with Crippen LogP contribution in [0.5, 0.6) is 0 Å². The van der Waals surface area contributed by atoms with E-state index in [0.29, 0.717) is 0 Å². The molecule has 2 heteroatoms. The average Bonchev–Trinajstić information content (AvgIpc) is 2.61. The molecule has 0 spiro atoms. The van der Waals surface area contributed by atoms with Crippen LogP contribution in [0, 0.1) is 0 Å². The van der Waals surface area contributed by atoms with Crippen LogP contribution in [0.4, 0.5) is 0 Å². The summed E-state index contributed by atoms with van der Waals surface area (Å²) in [5.74, 6) is 0. The number of unbranched alkanes of at least 4 members (excludes halogenated alkanes) is 2. The molecule has 1 aliphatic rings. The summed E-state index contributed by atoms with van der Waals surface area (Å²) in [6, 6.07) is 0. The van der Waals surface area contributed by atoms with Crippen molar-refractivity contribution >= 4 is 30.1 Å². The Hall–Kier alpha value is 0.889. The maximum absolute atomic E-state index is 2.69. The third kappa shape index (κ3) is 3.86. The molecule has 0 aromatic carbocycles. The van der Waals surface area contributed by atoms with E-state index in [-0.39, 0.29) is 0 Å². The molecule has 0 bridgehead atoms. The molecule has 0 nitrogen and oxygen atoms in total. The normalized spacial score (nSPS) is 19.5. The molecule has 1 heterocycles. The Bertz CT molecular complexity index is 157. The third-order valence-electron chi connectivity index (χ3n) is 2.95. The van der Waals surface area contributed by atoms with Gasteiger partial charge in [0, 0.05) is 0 Å². The quantitative estimate of drug-likeness (QED) is 0.656. The van der Waals surface area contributed by atoms with E-state index in [9.17, 15) is 0 Å². The molecule has 0 aromatic rings. The van der Waals surface area contributed by atoms with Crippen LogP contribution in [0.25, 0.3) is 0 Å². The maximum atomic E-state index is 2.69. The van der Waals surface area contributed by atoms with E-state index in [1.54, 1.807) is 12.6 Å². The second-order valence-corrected chi connectivity index (χ2v) is 19.1. The molecular weight excluding hydrogens is 283 g/mol. The molecule has 0 unspecified atom stereocenters. The zero-order valence-electron chi connectivity index (χ0n) is 9.01. The van der Waals surface area contributed by atoms with E-state index in [2.05, 4.69) is 35.1 Å². The number of hydrogen-bond donors (Lipinski definition) is 0. The molecule has 1 aliphatic heterocycles. The molecule has 1 rings (SSSR count). The van der Waals surface area contributed by atoms with Crippen LogP contribution in [0.15, 0.2) is 9.50 Å². The number of rotatable bonds is 6. The first-order valence-corrected chi connectivity index (χ1v) is 14.4. The first kappa shape index (κ1) is 12.0. The summed E-state index contributed by atoms with van der Waals surface area (Å²) in [4.78, 5) is 0. The van der Waals surface area contributed by atoms with Crippen molar-refractivity contribution in [3.63, 3.8) is 0 Å². The molecule has 0 saturated carbocycles. The van der Waals surface area contributed by atoms with Gasteiger partial charge in [-0.05, 0) is 0 Å². The molecular formula is C11H22SSn. The Kier molecular flexibility index (Phi) is 5.88. The molecule has 0 saturated heterocycles. The van der Waals surface area contributed by atoms with Crippen LogP contribution in [-0.4, -0.2) is 22.1 Å². The van der Waals surface area contributed by atoms with Gasteiger partial charge in [0.1, 0.15) is 0 Å². The van der Waals surface area contributed by atoms with Crippen molar-refractivity contribution in [3.8, 4) is 0 Å². The van der Waals surface area contributed by atoms with E-state index in [1.165, 1.54) is 25.7 Å². The van der Waals surface area contributed by atoms with Gasteiger partial charge in [-0.1, -0.05) is 0 Å². The van der Waals surface area contributed by atoms with Crippen LogP contribution in [0.2, 0.25) is 8.87 Å². The summed E-state index contributed by atoms with van der Waals surface area (Å²) in [5.41, 5.74) is 0. The summed E-state index contributed by atoms with van der Waals surface area (Å²) < 4.78 is 7.47. The Labute approximate surface area is 91.4 Å². The van der Waals surface area contributed by atoms with Crippen LogP contribution in [0.3, 0.4) is 0 Å². The van der Waals surface area contributed by atoms with E-state index in [0.717, 1.165) is 0 Å². The Morgan fingerprint density at radius 1 is 1.15 bits per heavy atom. The summed E-state index contributed by atoms with van der Waals surface area (Å²) in [6.07, 6.45) is 5.77. The predicted octanol–water partition coefficient (Wildman–Crippen LogP) is 4.37. The third-order valence-corrected chi connectivity index (χ3v) is 21.3. The minimum absolute atomic E-state index is 1.39. The van der Waals surface area contributed by atoms with Crippen molar-refractivity contribution in [3.05, 3.63) is 9.50 Å². The summed E-state index contributed by atoms with van der Waals surface area (Å²) in [5, 5.41) is 2.40. The molecule has 0 fully saturated rings. The van der Waals surface area contributed by atoms with Crippen molar-refractivity contribution in [2.24, 2.45) is 0 Å². The van der Waals surface area contributed by atoms with Crippen molar-refractivity contribution in [2.75, 3.05) is 3.77 Å². The van der Waals surface area contributed by atoms with Crippen LogP contribution >= 0.6 is 11.8 Å². The first-order valence-electron chi connectivity index (χ1n) is 5.62. The molecule has 0 N–H and O–H groups in total.